The fraction of sp³-hybridized carbons (Fsp3) is 0.238. The zero-order valence-electron chi connectivity index (χ0n) is 16.7. The van der Waals surface area contributed by atoms with Gasteiger partial charge in [-0.2, -0.15) is 4.99 Å². The number of thioether (sulfide) groups is 1. The quantitative estimate of drug-likeness (QED) is 0.427. The summed E-state index contributed by atoms with van der Waals surface area (Å²) in [6.07, 6.45) is 0. The molecule has 0 unspecified atom stereocenters. The highest BCUT2D eigenvalue weighted by atomic mass is 32.2. The minimum Gasteiger partial charge on any atom is -0.468 e. The molecule has 0 fully saturated rings. The van der Waals surface area contributed by atoms with Gasteiger partial charge in [0, 0.05) is 10.5 Å². The van der Waals surface area contributed by atoms with Crippen molar-refractivity contribution in [3.63, 3.8) is 0 Å². The van der Waals surface area contributed by atoms with Crippen LogP contribution in [0.1, 0.15) is 27.6 Å². The zero-order chi connectivity index (χ0) is 21.7. The molecule has 0 spiro atoms. The average molecular weight is 445 g/mol. The van der Waals surface area contributed by atoms with Crippen molar-refractivity contribution in [3.05, 3.63) is 58.4 Å². The summed E-state index contributed by atoms with van der Waals surface area (Å²) in [5, 5.41) is 0. The number of fused-ring (bicyclic) bond motifs is 1. The van der Waals surface area contributed by atoms with E-state index in [1.54, 1.807) is 46.7 Å². The molecule has 0 saturated heterocycles. The second kappa shape index (κ2) is 9.73. The predicted molar refractivity (Wildman–Crippen MR) is 116 cm³/mol. The maximum Gasteiger partial charge on any atom is 0.337 e. The van der Waals surface area contributed by atoms with Crippen LogP contribution in [0.3, 0.4) is 0 Å². The van der Waals surface area contributed by atoms with Crippen molar-refractivity contribution in [1.29, 1.82) is 0 Å². The van der Waals surface area contributed by atoms with Crippen LogP contribution in [0, 0.1) is 0 Å². The minimum absolute atomic E-state index is 0.105. The van der Waals surface area contributed by atoms with Crippen LogP contribution in [0.2, 0.25) is 0 Å². The Morgan fingerprint density at radius 3 is 2.57 bits per heavy atom. The number of amides is 1. The van der Waals surface area contributed by atoms with Gasteiger partial charge in [0.2, 0.25) is 0 Å². The molecule has 1 aromatic heterocycles. The SMILES string of the molecule is CCSc1cccc(C(=O)N=c2sc3cc(C(=O)OC)ccc3n2CC(=O)OC)c1. The standard InChI is InChI=1S/C21H20N2O5S2/c1-4-29-15-7-5-6-13(10-15)19(25)22-21-23(12-18(24)27-2)16-9-8-14(20(26)28-3)11-17(16)30-21/h5-11H,4,12H2,1-3H3. The molecule has 1 amide bonds. The van der Waals surface area contributed by atoms with Gasteiger partial charge < -0.3 is 14.0 Å². The second-order valence-corrected chi connectivity index (χ2v) is 8.45. The van der Waals surface area contributed by atoms with Crippen LogP contribution in [0.4, 0.5) is 0 Å². The Balaban J connectivity index is 2.11. The van der Waals surface area contributed by atoms with Gasteiger partial charge in [0.05, 0.1) is 30.0 Å². The molecule has 9 heteroatoms. The largest absolute Gasteiger partial charge is 0.468 e. The smallest absolute Gasteiger partial charge is 0.337 e. The Kier molecular flexibility index (Phi) is 7.07. The maximum atomic E-state index is 12.8. The van der Waals surface area contributed by atoms with Crippen molar-refractivity contribution in [2.45, 2.75) is 18.4 Å². The highest BCUT2D eigenvalue weighted by Crippen LogP contribution is 2.21. The lowest BCUT2D eigenvalue weighted by molar-refractivity contribution is -0.141. The van der Waals surface area contributed by atoms with Crippen LogP contribution in [-0.2, 0) is 20.8 Å². The lowest BCUT2D eigenvalue weighted by Crippen LogP contribution is -2.22. The van der Waals surface area contributed by atoms with Gasteiger partial charge in [-0.15, -0.1) is 11.8 Å². The van der Waals surface area contributed by atoms with Gasteiger partial charge in [0.25, 0.3) is 5.91 Å². The maximum absolute atomic E-state index is 12.8. The van der Waals surface area contributed by atoms with Gasteiger partial charge in [0.15, 0.2) is 4.80 Å². The molecule has 0 bridgehead atoms. The van der Waals surface area contributed by atoms with Crippen LogP contribution in [-0.4, -0.2) is 42.4 Å². The Hall–Kier alpha value is -2.91. The molecule has 3 rings (SSSR count). The number of thiazole rings is 1. The first-order valence-corrected chi connectivity index (χ1v) is 10.9. The van der Waals surface area contributed by atoms with Gasteiger partial charge in [-0.25, -0.2) is 4.79 Å². The van der Waals surface area contributed by atoms with Crippen molar-refractivity contribution in [2.24, 2.45) is 4.99 Å². The molecule has 0 aliphatic heterocycles. The Morgan fingerprint density at radius 2 is 1.87 bits per heavy atom. The molecule has 3 aromatic rings. The molecular formula is C21H20N2O5S2. The first-order valence-electron chi connectivity index (χ1n) is 9.07. The van der Waals surface area contributed by atoms with Crippen molar-refractivity contribution >= 4 is 51.2 Å². The van der Waals surface area contributed by atoms with Gasteiger partial charge in [-0.3, -0.25) is 9.59 Å². The normalized spacial score (nSPS) is 11.5. The second-order valence-electron chi connectivity index (χ2n) is 6.10. The van der Waals surface area contributed by atoms with Gasteiger partial charge in [-0.05, 0) is 42.2 Å². The van der Waals surface area contributed by atoms with Crippen LogP contribution >= 0.6 is 23.1 Å². The number of hydrogen-bond donors (Lipinski definition) is 0. The van der Waals surface area contributed by atoms with E-state index in [0.717, 1.165) is 10.6 Å². The molecule has 0 atom stereocenters. The molecule has 30 heavy (non-hydrogen) atoms. The Labute approximate surface area is 181 Å². The molecule has 0 aliphatic rings. The summed E-state index contributed by atoms with van der Waals surface area (Å²) in [5.74, 6) is -0.453. The molecule has 0 saturated carbocycles. The summed E-state index contributed by atoms with van der Waals surface area (Å²) < 4.78 is 11.8. The summed E-state index contributed by atoms with van der Waals surface area (Å²) >= 11 is 2.85. The fourth-order valence-electron chi connectivity index (χ4n) is 2.79. The van der Waals surface area contributed by atoms with E-state index in [1.807, 2.05) is 19.1 Å². The van der Waals surface area contributed by atoms with E-state index in [2.05, 4.69) is 4.99 Å². The monoisotopic (exact) mass is 444 g/mol. The lowest BCUT2D eigenvalue weighted by atomic mass is 10.2. The summed E-state index contributed by atoms with van der Waals surface area (Å²) in [4.78, 5) is 42.2. The highest BCUT2D eigenvalue weighted by molar-refractivity contribution is 7.99. The number of esters is 2. The number of hydrogen-bond acceptors (Lipinski definition) is 7. The summed E-state index contributed by atoms with van der Waals surface area (Å²) in [6.45, 7) is 1.94. The molecule has 2 aromatic carbocycles. The minimum atomic E-state index is -0.470. The van der Waals surface area contributed by atoms with Crippen LogP contribution in [0.5, 0.6) is 0 Å². The van der Waals surface area contributed by atoms with Gasteiger partial charge in [0.1, 0.15) is 6.54 Å². The van der Waals surface area contributed by atoms with E-state index in [9.17, 15) is 14.4 Å². The summed E-state index contributed by atoms with van der Waals surface area (Å²) in [6, 6.07) is 12.2. The predicted octanol–water partition coefficient (Wildman–Crippen LogP) is 3.52. The third kappa shape index (κ3) is 4.80. The molecule has 1 heterocycles. The van der Waals surface area contributed by atoms with E-state index in [0.29, 0.717) is 26.1 Å². The van der Waals surface area contributed by atoms with E-state index in [4.69, 9.17) is 9.47 Å². The van der Waals surface area contributed by atoms with Crippen LogP contribution in [0.25, 0.3) is 10.2 Å². The van der Waals surface area contributed by atoms with Crippen molar-refractivity contribution in [2.75, 3.05) is 20.0 Å². The topological polar surface area (TPSA) is 87.0 Å². The lowest BCUT2D eigenvalue weighted by Gasteiger charge is -2.04. The third-order valence-corrected chi connectivity index (χ3v) is 6.13. The van der Waals surface area contributed by atoms with E-state index in [-0.39, 0.29) is 6.54 Å². The molecule has 0 aliphatic carbocycles. The summed E-state index contributed by atoms with van der Waals surface area (Å²) in [7, 11) is 2.61. The van der Waals surface area contributed by atoms with Crippen molar-refractivity contribution in [1.82, 2.24) is 4.57 Å². The number of methoxy groups -OCH3 is 2. The van der Waals surface area contributed by atoms with E-state index >= 15 is 0 Å². The average Bonchev–Trinajstić information content (AvgIpc) is 3.09. The van der Waals surface area contributed by atoms with Crippen molar-refractivity contribution in [3.8, 4) is 0 Å². The molecule has 7 nitrogen and oxygen atoms in total. The summed E-state index contributed by atoms with van der Waals surface area (Å²) in [5.41, 5.74) is 1.50. The number of rotatable bonds is 6. The van der Waals surface area contributed by atoms with Gasteiger partial charge in [-0.1, -0.05) is 24.3 Å². The van der Waals surface area contributed by atoms with Gasteiger partial charge >= 0.3 is 11.9 Å². The molecule has 156 valence electrons. The van der Waals surface area contributed by atoms with Crippen LogP contribution < -0.4 is 4.80 Å². The number of benzene rings is 2. The zero-order valence-corrected chi connectivity index (χ0v) is 18.3. The first kappa shape index (κ1) is 21.8. The molecule has 0 radical (unpaired) electrons. The Bertz CT molecular complexity index is 1180. The van der Waals surface area contributed by atoms with E-state index < -0.39 is 17.8 Å². The molecular weight excluding hydrogens is 424 g/mol. The van der Waals surface area contributed by atoms with E-state index in [1.165, 1.54) is 25.6 Å². The van der Waals surface area contributed by atoms with Crippen molar-refractivity contribution < 1.29 is 23.9 Å². The fourth-order valence-corrected chi connectivity index (χ4v) is 4.57. The third-order valence-electron chi connectivity index (χ3n) is 4.21. The number of carbonyl (C=O) groups is 3. The number of ether oxygens (including phenoxy) is 2. The number of aromatic nitrogens is 1. The van der Waals surface area contributed by atoms with Crippen LogP contribution in [0.15, 0.2) is 52.4 Å². The number of carbonyl (C=O) groups excluding carboxylic acids is 3. The molecule has 0 N–H and O–H groups in total. The highest BCUT2D eigenvalue weighted by Gasteiger charge is 2.15. The number of nitrogens with zero attached hydrogens (tertiary/aromatic N) is 2. The Morgan fingerprint density at radius 1 is 1.07 bits per heavy atom. The first-order chi connectivity index (χ1) is 14.5.